The van der Waals surface area contributed by atoms with Gasteiger partial charge >= 0.3 is 0 Å². The monoisotopic (exact) mass is 367 g/mol. The summed E-state index contributed by atoms with van der Waals surface area (Å²) < 4.78 is 14.2. The molecular formula is C19H34FN5O. The summed E-state index contributed by atoms with van der Waals surface area (Å²) in [5, 5.41) is 8.90. The van der Waals surface area contributed by atoms with Gasteiger partial charge in [0.1, 0.15) is 6.17 Å². The molecule has 3 saturated heterocycles. The summed E-state index contributed by atoms with van der Waals surface area (Å²) in [5.74, 6) is 0.484. The second kappa shape index (κ2) is 7.70. The van der Waals surface area contributed by atoms with Crippen LogP contribution in [0.15, 0.2) is 0 Å². The Hall–Kier alpha value is -0.760. The molecule has 0 spiro atoms. The van der Waals surface area contributed by atoms with E-state index in [0.29, 0.717) is 24.8 Å². The fraction of sp³-hybridized carbons (Fsp3) is 0.947. The van der Waals surface area contributed by atoms with E-state index in [-0.39, 0.29) is 30.1 Å². The summed E-state index contributed by atoms with van der Waals surface area (Å²) in [6.45, 7) is 5.43. The molecule has 3 aliphatic heterocycles. The third-order valence-electron chi connectivity index (χ3n) is 7.08. The summed E-state index contributed by atoms with van der Waals surface area (Å²) >= 11 is 0. The fourth-order valence-corrected chi connectivity index (χ4v) is 5.37. The van der Waals surface area contributed by atoms with Crippen molar-refractivity contribution in [3.05, 3.63) is 0 Å². The number of rotatable bonds is 3. The SMILES string of the molecule is CC1CCC(F)C2CC(C(=O)NC3CCN(C4CCN(C)CC4)N3)NC12. The van der Waals surface area contributed by atoms with Crippen LogP contribution in [0.3, 0.4) is 0 Å². The van der Waals surface area contributed by atoms with Gasteiger partial charge in [-0.05, 0) is 64.6 Å². The molecule has 3 N–H and O–H groups in total. The quantitative estimate of drug-likeness (QED) is 0.690. The molecule has 6 atom stereocenters. The Bertz CT molecular complexity index is 494. The van der Waals surface area contributed by atoms with Crippen LogP contribution in [-0.4, -0.2) is 73.0 Å². The lowest BCUT2D eigenvalue weighted by atomic mass is 9.77. The van der Waals surface area contributed by atoms with Gasteiger partial charge in [0.2, 0.25) is 5.91 Å². The van der Waals surface area contributed by atoms with Gasteiger partial charge in [-0.2, -0.15) is 0 Å². The van der Waals surface area contributed by atoms with Gasteiger partial charge in [0.15, 0.2) is 0 Å². The van der Waals surface area contributed by atoms with Gasteiger partial charge in [-0.3, -0.25) is 4.79 Å². The smallest absolute Gasteiger partial charge is 0.238 e. The molecule has 148 valence electrons. The summed E-state index contributed by atoms with van der Waals surface area (Å²) in [5.41, 5.74) is 3.49. The Balaban J connectivity index is 1.27. The van der Waals surface area contributed by atoms with Crippen molar-refractivity contribution in [2.75, 3.05) is 26.7 Å². The van der Waals surface area contributed by atoms with E-state index in [2.05, 4.69) is 39.9 Å². The molecule has 0 radical (unpaired) electrons. The number of halogens is 1. The molecule has 1 aliphatic carbocycles. The third-order valence-corrected chi connectivity index (χ3v) is 7.08. The van der Waals surface area contributed by atoms with Gasteiger partial charge in [-0.15, -0.1) is 0 Å². The zero-order valence-electron chi connectivity index (χ0n) is 16.1. The van der Waals surface area contributed by atoms with Crippen molar-refractivity contribution in [1.82, 2.24) is 26.0 Å². The maximum atomic E-state index is 14.2. The average Bonchev–Trinajstić information content (AvgIpc) is 3.27. The topological polar surface area (TPSA) is 59.6 Å². The largest absolute Gasteiger partial charge is 0.338 e. The van der Waals surface area contributed by atoms with Gasteiger partial charge in [-0.1, -0.05) is 6.92 Å². The molecular weight excluding hydrogens is 333 g/mol. The molecule has 0 aromatic heterocycles. The molecule has 6 nitrogen and oxygen atoms in total. The van der Waals surface area contributed by atoms with E-state index in [1.54, 1.807) is 0 Å². The van der Waals surface area contributed by atoms with Crippen LogP contribution in [0.2, 0.25) is 0 Å². The molecule has 26 heavy (non-hydrogen) atoms. The van der Waals surface area contributed by atoms with Crippen LogP contribution in [0, 0.1) is 11.8 Å². The van der Waals surface area contributed by atoms with Crippen LogP contribution in [0.1, 0.15) is 45.4 Å². The Morgan fingerprint density at radius 1 is 1.12 bits per heavy atom. The summed E-state index contributed by atoms with van der Waals surface area (Å²) in [6, 6.07) is 0.471. The summed E-state index contributed by atoms with van der Waals surface area (Å²) in [6.07, 6.45) is 4.72. The number of hydrogen-bond donors (Lipinski definition) is 3. The number of carbonyl (C=O) groups excluding carboxylic acids is 1. The average molecular weight is 368 g/mol. The number of hydrazine groups is 1. The number of fused-ring (bicyclic) bond motifs is 1. The Kier molecular flexibility index (Phi) is 5.51. The number of amides is 1. The van der Waals surface area contributed by atoms with Gasteiger partial charge < -0.3 is 15.5 Å². The number of hydrogen-bond acceptors (Lipinski definition) is 5. The van der Waals surface area contributed by atoms with E-state index in [1.807, 2.05) is 0 Å². The molecule has 0 aromatic rings. The van der Waals surface area contributed by atoms with Crippen molar-refractivity contribution in [3.8, 4) is 0 Å². The Morgan fingerprint density at radius 3 is 2.62 bits per heavy atom. The molecule has 1 saturated carbocycles. The predicted octanol–water partition coefficient (Wildman–Crippen LogP) is 0.848. The number of likely N-dealkylation sites (tertiary alicyclic amines) is 1. The Labute approximate surface area is 156 Å². The summed E-state index contributed by atoms with van der Waals surface area (Å²) in [4.78, 5) is 15.1. The van der Waals surface area contributed by atoms with E-state index in [1.165, 1.54) is 12.8 Å². The maximum Gasteiger partial charge on any atom is 0.238 e. The second-order valence-electron chi connectivity index (χ2n) is 8.92. The highest BCUT2D eigenvalue weighted by Crippen LogP contribution is 2.38. The minimum atomic E-state index is -0.758. The highest BCUT2D eigenvalue weighted by molar-refractivity contribution is 5.82. The predicted molar refractivity (Wildman–Crippen MR) is 99.0 cm³/mol. The minimum Gasteiger partial charge on any atom is -0.338 e. The highest BCUT2D eigenvalue weighted by atomic mass is 19.1. The highest BCUT2D eigenvalue weighted by Gasteiger charge is 2.46. The lowest BCUT2D eigenvalue weighted by molar-refractivity contribution is -0.124. The van der Waals surface area contributed by atoms with Crippen molar-refractivity contribution in [2.45, 2.75) is 75.9 Å². The van der Waals surface area contributed by atoms with Gasteiger partial charge in [0.25, 0.3) is 0 Å². The number of nitrogens with one attached hydrogen (secondary N) is 3. The maximum absolute atomic E-state index is 14.2. The number of piperidine rings is 1. The number of alkyl halides is 1. The first kappa shape index (κ1) is 18.6. The molecule has 7 heteroatoms. The van der Waals surface area contributed by atoms with Crippen molar-refractivity contribution in [2.24, 2.45) is 11.8 Å². The third kappa shape index (κ3) is 3.77. The molecule has 4 aliphatic rings. The lowest BCUT2D eigenvalue weighted by Gasteiger charge is -2.35. The minimum absolute atomic E-state index is 0.00163. The van der Waals surface area contributed by atoms with Crippen LogP contribution in [0.5, 0.6) is 0 Å². The molecule has 4 rings (SSSR count). The van der Waals surface area contributed by atoms with Crippen molar-refractivity contribution < 1.29 is 9.18 Å². The first-order chi connectivity index (χ1) is 12.5. The second-order valence-corrected chi connectivity index (χ2v) is 8.92. The van der Waals surface area contributed by atoms with Crippen LogP contribution in [0.25, 0.3) is 0 Å². The first-order valence-electron chi connectivity index (χ1n) is 10.4. The van der Waals surface area contributed by atoms with E-state index in [9.17, 15) is 9.18 Å². The zero-order chi connectivity index (χ0) is 18.3. The molecule has 4 fully saturated rings. The van der Waals surface area contributed by atoms with Gasteiger partial charge in [0, 0.05) is 24.5 Å². The first-order valence-corrected chi connectivity index (χ1v) is 10.4. The van der Waals surface area contributed by atoms with Crippen molar-refractivity contribution in [1.29, 1.82) is 0 Å². The normalized spacial score (nSPS) is 42.7. The standard InChI is InChI=1S/C19H34FN5O/c1-12-3-4-15(20)14-11-16(21-18(12)14)19(26)22-17-7-10-25(23-17)13-5-8-24(2)9-6-13/h12-18,21,23H,3-11H2,1-2H3,(H,22,26). The van der Waals surface area contributed by atoms with Gasteiger partial charge in [0.05, 0.1) is 12.2 Å². The molecule has 3 heterocycles. The fourth-order valence-electron chi connectivity index (χ4n) is 5.37. The van der Waals surface area contributed by atoms with Crippen LogP contribution < -0.4 is 16.1 Å². The Morgan fingerprint density at radius 2 is 1.88 bits per heavy atom. The van der Waals surface area contributed by atoms with E-state index in [0.717, 1.165) is 32.5 Å². The zero-order valence-corrected chi connectivity index (χ0v) is 16.1. The number of carbonyl (C=O) groups is 1. The van der Waals surface area contributed by atoms with E-state index in [4.69, 9.17) is 0 Å². The molecule has 0 aromatic carbocycles. The number of nitrogens with zero attached hydrogens (tertiary/aromatic N) is 2. The van der Waals surface area contributed by atoms with Crippen LogP contribution in [0.4, 0.5) is 4.39 Å². The molecule has 1 amide bonds. The van der Waals surface area contributed by atoms with Crippen LogP contribution in [-0.2, 0) is 4.79 Å². The van der Waals surface area contributed by atoms with Crippen LogP contribution >= 0.6 is 0 Å². The van der Waals surface area contributed by atoms with E-state index < -0.39 is 6.17 Å². The van der Waals surface area contributed by atoms with Crippen molar-refractivity contribution in [3.63, 3.8) is 0 Å². The van der Waals surface area contributed by atoms with Gasteiger partial charge in [-0.25, -0.2) is 14.8 Å². The molecule has 6 unspecified atom stereocenters. The lowest BCUT2D eigenvalue weighted by Crippen LogP contribution is -2.54. The molecule has 0 bridgehead atoms. The van der Waals surface area contributed by atoms with Crippen molar-refractivity contribution >= 4 is 5.91 Å². The summed E-state index contributed by atoms with van der Waals surface area (Å²) in [7, 11) is 2.17. The van der Waals surface area contributed by atoms with E-state index >= 15 is 0 Å².